The van der Waals surface area contributed by atoms with Crippen molar-refractivity contribution < 1.29 is 22.7 Å². The lowest BCUT2D eigenvalue weighted by Gasteiger charge is -2.29. The number of carbonyl (C=O) groups is 1. The Hall–Kier alpha value is -3.54. The van der Waals surface area contributed by atoms with Crippen LogP contribution in [0.3, 0.4) is 0 Å². The zero-order valence-electron chi connectivity index (χ0n) is 17.6. The standard InChI is InChI=1S/C21H21FN4O6S/c1-33(31,32)16-4-2-3-15(10-16)25-18-17(9-12(22)11-23-18)19(27)26(21(25)30)14-7-5-13(6-8-14)24-20(28)29/h2-4,9-11,13-14,24H,5-8H2,1H3,(H,28,29). The Labute approximate surface area is 187 Å². The van der Waals surface area contributed by atoms with E-state index in [9.17, 15) is 27.2 Å². The fourth-order valence-electron chi connectivity index (χ4n) is 4.24. The fourth-order valence-corrected chi connectivity index (χ4v) is 4.90. The number of sulfone groups is 1. The smallest absolute Gasteiger partial charge is 0.404 e. The van der Waals surface area contributed by atoms with E-state index >= 15 is 0 Å². The molecule has 0 aliphatic heterocycles. The van der Waals surface area contributed by atoms with E-state index in [0.717, 1.165) is 27.7 Å². The minimum atomic E-state index is -3.58. The molecule has 1 amide bonds. The van der Waals surface area contributed by atoms with Crippen LogP contribution in [0.2, 0.25) is 0 Å². The molecule has 1 aliphatic rings. The van der Waals surface area contributed by atoms with Crippen molar-refractivity contribution in [3.05, 3.63) is 63.2 Å². The van der Waals surface area contributed by atoms with Crippen LogP contribution in [0, 0.1) is 5.82 Å². The molecular weight excluding hydrogens is 455 g/mol. The second-order valence-corrected chi connectivity index (χ2v) is 10.1. The molecule has 4 rings (SSSR count). The number of aromatic nitrogens is 3. The average Bonchev–Trinajstić information content (AvgIpc) is 2.75. The summed E-state index contributed by atoms with van der Waals surface area (Å²) in [4.78, 5) is 41.6. The van der Waals surface area contributed by atoms with E-state index in [1.807, 2.05) is 0 Å². The molecule has 33 heavy (non-hydrogen) atoms. The van der Waals surface area contributed by atoms with Gasteiger partial charge in [-0.1, -0.05) is 6.07 Å². The third-order valence-corrected chi connectivity index (χ3v) is 6.90. The number of hydrogen-bond donors (Lipinski definition) is 2. The van der Waals surface area contributed by atoms with Gasteiger partial charge in [0.25, 0.3) is 5.56 Å². The van der Waals surface area contributed by atoms with Gasteiger partial charge in [0.15, 0.2) is 15.5 Å². The van der Waals surface area contributed by atoms with E-state index < -0.39 is 39.0 Å². The molecule has 1 fully saturated rings. The highest BCUT2D eigenvalue weighted by Gasteiger charge is 2.28. The first-order valence-corrected chi connectivity index (χ1v) is 12.1. The molecule has 1 aliphatic carbocycles. The average molecular weight is 476 g/mol. The molecular formula is C21H21FN4O6S. The van der Waals surface area contributed by atoms with Crippen molar-refractivity contribution in [3.8, 4) is 5.69 Å². The summed E-state index contributed by atoms with van der Waals surface area (Å²) < 4.78 is 40.2. The van der Waals surface area contributed by atoms with E-state index in [1.54, 1.807) is 0 Å². The summed E-state index contributed by atoms with van der Waals surface area (Å²) in [5.41, 5.74) is -1.35. The molecule has 2 aromatic heterocycles. The van der Waals surface area contributed by atoms with Crippen molar-refractivity contribution in [2.45, 2.75) is 42.7 Å². The molecule has 3 aromatic rings. The summed E-state index contributed by atoms with van der Waals surface area (Å²) in [6.07, 6.45) is 2.33. The maximum absolute atomic E-state index is 14.0. The molecule has 1 saturated carbocycles. The third-order valence-electron chi connectivity index (χ3n) is 5.79. The van der Waals surface area contributed by atoms with Crippen LogP contribution in [0.25, 0.3) is 16.7 Å². The summed E-state index contributed by atoms with van der Waals surface area (Å²) in [6.45, 7) is 0. The van der Waals surface area contributed by atoms with E-state index in [-0.39, 0.29) is 27.7 Å². The number of nitrogens with zero attached hydrogens (tertiary/aromatic N) is 3. The summed E-state index contributed by atoms with van der Waals surface area (Å²) in [5.74, 6) is -0.754. The number of halogens is 1. The Morgan fingerprint density at radius 2 is 1.88 bits per heavy atom. The van der Waals surface area contributed by atoms with Gasteiger partial charge in [0.05, 0.1) is 22.2 Å². The van der Waals surface area contributed by atoms with Gasteiger partial charge < -0.3 is 10.4 Å². The van der Waals surface area contributed by atoms with Crippen LogP contribution < -0.4 is 16.6 Å². The molecule has 0 saturated heterocycles. The topological polar surface area (TPSA) is 140 Å². The van der Waals surface area contributed by atoms with E-state index in [2.05, 4.69) is 10.3 Å². The number of pyridine rings is 1. The van der Waals surface area contributed by atoms with Crippen molar-refractivity contribution in [3.63, 3.8) is 0 Å². The number of benzene rings is 1. The van der Waals surface area contributed by atoms with E-state index in [4.69, 9.17) is 5.11 Å². The van der Waals surface area contributed by atoms with Crippen molar-refractivity contribution in [2.24, 2.45) is 0 Å². The van der Waals surface area contributed by atoms with Crippen LogP contribution in [0.15, 0.2) is 51.0 Å². The second kappa shape index (κ2) is 8.43. The van der Waals surface area contributed by atoms with Crippen molar-refractivity contribution >= 4 is 27.0 Å². The van der Waals surface area contributed by atoms with Gasteiger partial charge >= 0.3 is 11.8 Å². The maximum Gasteiger partial charge on any atom is 0.404 e. The molecule has 2 N–H and O–H groups in total. The van der Waals surface area contributed by atoms with Gasteiger partial charge in [0, 0.05) is 18.3 Å². The zero-order valence-corrected chi connectivity index (χ0v) is 18.4. The van der Waals surface area contributed by atoms with Crippen LogP contribution in [-0.2, 0) is 9.84 Å². The molecule has 0 radical (unpaired) electrons. The van der Waals surface area contributed by atoms with Crippen LogP contribution in [0.1, 0.15) is 31.7 Å². The summed E-state index contributed by atoms with van der Waals surface area (Å²) in [7, 11) is -3.58. The monoisotopic (exact) mass is 476 g/mol. The Morgan fingerprint density at radius 3 is 2.52 bits per heavy atom. The van der Waals surface area contributed by atoms with Gasteiger partial charge in [0.2, 0.25) is 0 Å². The Morgan fingerprint density at radius 1 is 1.18 bits per heavy atom. The number of nitrogens with one attached hydrogen (secondary N) is 1. The first kappa shape index (κ1) is 22.6. The number of rotatable bonds is 4. The van der Waals surface area contributed by atoms with Crippen molar-refractivity contribution in [1.82, 2.24) is 19.4 Å². The lowest BCUT2D eigenvalue weighted by atomic mass is 9.91. The van der Waals surface area contributed by atoms with Crippen molar-refractivity contribution in [1.29, 1.82) is 0 Å². The zero-order chi connectivity index (χ0) is 23.9. The summed E-state index contributed by atoms with van der Waals surface area (Å²) in [6, 6.07) is 5.82. The first-order valence-electron chi connectivity index (χ1n) is 10.2. The molecule has 12 heteroatoms. The second-order valence-electron chi connectivity index (χ2n) is 8.04. The maximum atomic E-state index is 14.0. The molecule has 2 heterocycles. The summed E-state index contributed by atoms with van der Waals surface area (Å²) in [5, 5.41) is 11.2. The Balaban J connectivity index is 1.91. The highest BCUT2D eigenvalue weighted by atomic mass is 32.2. The first-order chi connectivity index (χ1) is 15.6. The number of amides is 1. The van der Waals surface area contributed by atoms with Gasteiger partial charge in [-0.05, 0) is 49.9 Å². The van der Waals surface area contributed by atoms with Crippen LogP contribution in [0.4, 0.5) is 9.18 Å². The lowest BCUT2D eigenvalue weighted by molar-refractivity contribution is 0.182. The molecule has 10 nitrogen and oxygen atoms in total. The lowest BCUT2D eigenvalue weighted by Crippen LogP contribution is -2.45. The SMILES string of the molecule is CS(=O)(=O)c1cccc(-n2c(=O)n(C3CCC(NC(=O)O)CC3)c(=O)c3cc(F)cnc32)c1. The normalized spacial score (nSPS) is 18.8. The van der Waals surface area contributed by atoms with Crippen LogP contribution >= 0.6 is 0 Å². The summed E-state index contributed by atoms with van der Waals surface area (Å²) >= 11 is 0. The minimum Gasteiger partial charge on any atom is -0.465 e. The fraction of sp³-hybridized carbons (Fsp3) is 0.333. The highest BCUT2D eigenvalue weighted by molar-refractivity contribution is 7.90. The van der Waals surface area contributed by atoms with Gasteiger partial charge in [-0.25, -0.2) is 31.9 Å². The number of carboxylic acid groups (broad SMARTS) is 1. The van der Waals surface area contributed by atoms with E-state index in [1.165, 1.54) is 24.3 Å². The van der Waals surface area contributed by atoms with Gasteiger partial charge in [-0.3, -0.25) is 9.36 Å². The Bertz CT molecular complexity index is 1470. The van der Waals surface area contributed by atoms with Gasteiger partial charge in [-0.2, -0.15) is 0 Å². The predicted octanol–water partition coefficient (Wildman–Crippen LogP) is 1.84. The number of fused-ring (bicyclic) bond motifs is 1. The highest BCUT2D eigenvalue weighted by Crippen LogP contribution is 2.27. The van der Waals surface area contributed by atoms with Gasteiger partial charge in [-0.15, -0.1) is 0 Å². The quantitative estimate of drug-likeness (QED) is 0.585. The largest absolute Gasteiger partial charge is 0.465 e. The van der Waals surface area contributed by atoms with Gasteiger partial charge in [0.1, 0.15) is 5.82 Å². The number of hydrogen-bond acceptors (Lipinski definition) is 6. The van der Waals surface area contributed by atoms with Crippen LogP contribution in [0.5, 0.6) is 0 Å². The molecule has 174 valence electrons. The third kappa shape index (κ3) is 4.38. The molecule has 0 unspecified atom stereocenters. The minimum absolute atomic E-state index is 0.0276. The van der Waals surface area contributed by atoms with Crippen LogP contribution in [-0.4, -0.2) is 46.0 Å². The molecule has 1 aromatic carbocycles. The molecule has 0 bridgehead atoms. The van der Waals surface area contributed by atoms with Crippen molar-refractivity contribution in [2.75, 3.05) is 6.26 Å². The molecule has 0 atom stereocenters. The van der Waals surface area contributed by atoms with E-state index in [0.29, 0.717) is 25.7 Å². The molecule has 0 spiro atoms. The predicted molar refractivity (Wildman–Crippen MR) is 117 cm³/mol. The Kier molecular flexibility index (Phi) is 5.78.